The molecular formula is C26H32N4O. The molecule has 3 aliphatic rings. The molecule has 0 saturated carbocycles. The van der Waals surface area contributed by atoms with Crippen molar-refractivity contribution in [3.63, 3.8) is 0 Å². The summed E-state index contributed by atoms with van der Waals surface area (Å²) >= 11 is 0. The normalized spacial score (nSPS) is 30.1. The van der Waals surface area contributed by atoms with E-state index in [9.17, 15) is 4.79 Å². The third-order valence-electron chi connectivity index (χ3n) is 7.66. The van der Waals surface area contributed by atoms with Gasteiger partial charge in [-0.25, -0.2) is 0 Å². The number of likely N-dealkylation sites (tertiary alicyclic amines) is 1. The molecule has 5 atom stereocenters. The Balaban J connectivity index is 1.53. The fourth-order valence-electron chi connectivity index (χ4n) is 6.54. The molecule has 0 aromatic heterocycles. The van der Waals surface area contributed by atoms with Crippen LogP contribution in [0.5, 0.6) is 0 Å². The second-order valence-corrected chi connectivity index (χ2v) is 9.72. The number of benzene rings is 2. The average Bonchev–Trinajstić information content (AvgIpc) is 3.41. The Kier molecular flexibility index (Phi) is 5.09. The number of carbonyl (C=O) groups is 1. The lowest BCUT2D eigenvalue weighted by Crippen LogP contribution is -2.44. The minimum atomic E-state index is 0.00425. The van der Waals surface area contributed by atoms with Gasteiger partial charge in [0.05, 0.1) is 5.92 Å². The number of amides is 1. The van der Waals surface area contributed by atoms with Crippen LogP contribution in [0.3, 0.4) is 0 Å². The van der Waals surface area contributed by atoms with Crippen molar-refractivity contribution in [1.29, 1.82) is 5.41 Å². The molecule has 3 heterocycles. The zero-order chi connectivity index (χ0) is 21.7. The Morgan fingerprint density at radius 2 is 1.84 bits per heavy atom. The average molecular weight is 417 g/mol. The molecule has 1 amide bonds. The van der Waals surface area contributed by atoms with Gasteiger partial charge in [-0.2, -0.15) is 0 Å². The van der Waals surface area contributed by atoms with Crippen molar-refractivity contribution in [2.45, 2.75) is 51.4 Å². The van der Waals surface area contributed by atoms with E-state index in [0.717, 1.165) is 12.1 Å². The van der Waals surface area contributed by atoms with Gasteiger partial charge in [-0.1, -0.05) is 68.4 Å². The van der Waals surface area contributed by atoms with Crippen LogP contribution in [0.2, 0.25) is 0 Å². The lowest BCUT2D eigenvalue weighted by molar-refractivity contribution is -0.134. The first-order valence-corrected chi connectivity index (χ1v) is 11.5. The molecule has 0 unspecified atom stereocenters. The molecule has 3 fully saturated rings. The van der Waals surface area contributed by atoms with Crippen LogP contribution in [-0.2, 0) is 11.3 Å². The molecular weight excluding hydrogens is 384 g/mol. The Hall–Kier alpha value is -2.66. The molecule has 0 bridgehead atoms. The second-order valence-electron chi connectivity index (χ2n) is 9.72. The van der Waals surface area contributed by atoms with Gasteiger partial charge in [0, 0.05) is 36.2 Å². The quantitative estimate of drug-likeness (QED) is 0.575. The lowest BCUT2D eigenvalue weighted by atomic mass is 9.79. The van der Waals surface area contributed by atoms with Crippen LogP contribution >= 0.6 is 0 Å². The van der Waals surface area contributed by atoms with Gasteiger partial charge in [0.15, 0.2) is 0 Å². The van der Waals surface area contributed by atoms with Crippen LogP contribution in [0.25, 0.3) is 0 Å². The molecule has 162 valence electrons. The highest BCUT2D eigenvalue weighted by molar-refractivity contribution is 5.95. The van der Waals surface area contributed by atoms with Gasteiger partial charge in [-0.3, -0.25) is 15.1 Å². The molecule has 3 N–H and O–H groups in total. The monoisotopic (exact) mass is 416 g/mol. The van der Waals surface area contributed by atoms with E-state index in [1.54, 1.807) is 0 Å². The second kappa shape index (κ2) is 7.79. The van der Waals surface area contributed by atoms with Crippen LogP contribution in [0.15, 0.2) is 54.6 Å². The number of nitrogen functional groups attached to an aromatic ring is 1. The van der Waals surface area contributed by atoms with Crippen molar-refractivity contribution in [2.75, 3.05) is 6.54 Å². The van der Waals surface area contributed by atoms with Gasteiger partial charge in [0.2, 0.25) is 5.91 Å². The predicted molar refractivity (Wildman–Crippen MR) is 123 cm³/mol. The fourth-order valence-corrected chi connectivity index (χ4v) is 6.54. The maximum Gasteiger partial charge on any atom is 0.228 e. The zero-order valence-corrected chi connectivity index (χ0v) is 18.4. The summed E-state index contributed by atoms with van der Waals surface area (Å²) in [5, 5.41) is 7.70. The van der Waals surface area contributed by atoms with Crippen LogP contribution in [-0.4, -0.2) is 40.2 Å². The summed E-state index contributed by atoms with van der Waals surface area (Å²) in [6, 6.07) is 19.3. The van der Waals surface area contributed by atoms with Crippen molar-refractivity contribution < 1.29 is 4.79 Å². The molecule has 3 saturated heterocycles. The summed E-state index contributed by atoms with van der Waals surface area (Å²) in [5.74, 6) is 1.19. The van der Waals surface area contributed by atoms with Gasteiger partial charge in [0.1, 0.15) is 5.84 Å². The van der Waals surface area contributed by atoms with Crippen molar-refractivity contribution in [3.05, 3.63) is 71.3 Å². The molecule has 0 spiro atoms. The highest BCUT2D eigenvalue weighted by Crippen LogP contribution is 2.56. The summed E-state index contributed by atoms with van der Waals surface area (Å²) in [4.78, 5) is 18.7. The Labute approximate surface area is 184 Å². The van der Waals surface area contributed by atoms with Gasteiger partial charge in [-0.05, 0) is 36.4 Å². The van der Waals surface area contributed by atoms with Gasteiger partial charge in [-0.15, -0.1) is 0 Å². The summed E-state index contributed by atoms with van der Waals surface area (Å²) in [6.45, 7) is 6.30. The van der Waals surface area contributed by atoms with Crippen LogP contribution < -0.4 is 5.73 Å². The van der Waals surface area contributed by atoms with Crippen LogP contribution in [0, 0.1) is 23.2 Å². The first-order valence-electron chi connectivity index (χ1n) is 11.5. The van der Waals surface area contributed by atoms with E-state index in [-0.39, 0.29) is 23.8 Å². The van der Waals surface area contributed by atoms with Crippen LogP contribution in [0.1, 0.15) is 49.4 Å². The third kappa shape index (κ3) is 3.26. The Morgan fingerprint density at radius 3 is 2.48 bits per heavy atom. The van der Waals surface area contributed by atoms with E-state index < -0.39 is 0 Å². The maximum atomic E-state index is 13.9. The maximum absolute atomic E-state index is 13.9. The highest BCUT2D eigenvalue weighted by Gasteiger charge is 2.62. The fraction of sp³-hybridized carbons (Fsp3) is 0.462. The minimum absolute atomic E-state index is 0.00425. The molecule has 31 heavy (non-hydrogen) atoms. The number of fused-ring (bicyclic) bond motifs is 3. The number of amidine groups is 1. The predicted octanol–water partition coefficient (Wildman–Crippen LogP) is 3.79. The number of nitrogens with zero attached hydrogens (tertiary/aromatic N) is 2. The van der Waals surface area contributed by atoms with E-state index in [1.807, 2.05) is 18.2 Å². The largest absolute Gasteiger partial charge is 0.384 e. The van der Waals surface area contributed by atoms with Crippen molar-refractivity contribution in [2.24, 2.45) is 23.5 Å². The van der Waals surface area contributed by atoms with Crippen LogP contribution in [0.4, 0.5) is 0 Å². The van der Waals surface area contributed by atoms with Crippen molar-refractivity contribution in [3.8, 4) is 0 Å². The number of nitrogens with two attached hydrogens (primary N) is 1. The van der Waals surface area contributed by atoms with E-state index >= 15 is 0 Å². The Bertz CT molecular complexity index is 971. The molecule has 2 aromatic rings. The highest BCUT2D eigenvalue weighted by atomic mass is 16.2. The van der Waals surface area contributed by atoms with Gasteiger partial charge < -0.3 is 10.6 Å². The standard InChI is InChI=1S/C26H32N4O/c1-16(2)23-21-20-9-6-14-29(20)24(18-10-12-19(13-11-18)25(27)28)22(21)26(31)30(23)15-17-7-4-3-5-8-17/h3-5,7-8,10-13,16,20-24H,6,9,14-15H2,1-2H3,(H3,27,28)/t20-,21-,22-,23+,24-/m0/s1. The summed E-state index contributed by atoms with van der Waals surface area (Å²) < 4.78 is 0. The molecule has 5 heteroatoms. The summed E-state index contributed by atoms with van der Waals surface area (Å²) in [6.07, 6.45) is 2.38. The summed E-state index contributed by atoms with van der Waals surface area (Å²) in [7, 11) is 0. The first kappa shape index (κ1) is 20.3. The molecule has 2 aromatic carbocycles. The molecule has 0 aliphatic carbocycles. The van der Waals surface area contributed by atoms with Gasteiger partial charge >= 0.3 is 0 Å². The summed E-state index contributed by atoms with van der Waals surface area (Å²) in [5.41, 5.74) is 8.78. The molecule has 5 nitrogen and oxygen atoms in total. The van der Waals surface area contributed by atoms with E-state index in [2.05, 4.69) is 60.0 Å². The molecule has 5 rings (SSSR count). The van der Waals surface area contributed by atoms with E-state index in [1.165, 1.54) is 24.0 Å². The number of rotatable bonds is 5. The smallest absolute Gasteiger partial charge is 0.228 e. The number of hydrogen-bond donors (Lipinski definition) is 2. The number of nitrogens with one attached hydrogen (secondary N) is 1. The topological polar surface area (TPSA) is 73.4 Å². The lowest BCUT2D eigenvalue weighted by Gasteiger charge is -2.35. The SMILES string of the molecule is CC(C)[C@@H]1[C@@H]2[C@H](C(=O)N1Cc1ccccc1)[C@H](c1ccc(C(=N)N)cc1)N1CCC[C@@H]21. The number of hydrogen-bond acceptors (Lipinski definition) is 3. The molecule has 0 radical (unpaired) electrons. The van der Waals surface area contributed by atoms with Crippen molar-refractivity contribution in [1.82, 2.24) is 9.80 Å². The zero-order valence-electron chi connectivity index (χ0n) is 18.4. The van der Waals surface area contributed by atoms with E-state index in [0.29, 0.717) is 30.3 Å². The van der Waals surface area contributed by atoms with Crippen molar-refractivity contribution >= 4 is 11.7 Å². The third-order valence-corrected chi connectivity index (χ3v) is 7.66. The first-order chi connectivity index (χ1) is 15.0. The number of carbonyl (C=O) groups excluding carboxylic acids is 1. The van der Waals surface area contributed by atoms with E-state index in [4.69, 9.17) is 11.1 Å². The van der Waals surface area contributed by atoms with Gasteiger partial charge in [0.25, 0.3) is 0 Å². The Morgan fingerprint density at radius 1 is 1.13 bits per heavy atom. The minimum Gasteiger partial charge on any atom is -0.384 e. The molecule has 3 aliphatic heterocycles.